The second kappa shape index (κ2) is 5.98. The summed E-state index contributed by atoms with van der Waals surface area (Å²) in [6, 6.07) is 12.9. The summed E-state index contributed by atoms with van der Waals surface area (Å²) < 4.78 is 1.08. The van der Waals surface area contributed by atoms with E-state index in [1.807, 2.05) is 0 Å². The Bertz CT molecular complexity index is 918. The second-order valence-corrected chi connectivity index (χ2v) is 5.08. The molecule has 1 heterocycles. The number of aromatic amines is 1. The molecule has 0 spiro atoms. The van der Waals surface area contributed by atoms with E-state index in [2.05, 4.69) is 15.4 Å². The van der Waals surface area contributed by atoms with Crippen molar-refractivity contribution in [1.82, 2.24) is 14.8 Å². The molecule has 7 nitrogen and oxygen atoms in total. The van der Waals surface area contributed by atoms with E-state index in [0.717, 1.165) is 4.68 Å². The number of aromatic hydroxyl groups is 1. The Hall–Kier alpha value is -3.06. The molecule has 0 radical (unpaired) electrons. The van der Waals surface area contributed by atoms with Crippen LogP contribution in [-0.2, 0) is 0 Å². The van der Waals surface area contributed by atoms with E-state index in [1.54, 1.807) is 30.3 Å². The van der Waals surface area contributed by atoms with Crippen LogP contribution in [0, 0.1) is 0 Å². The average Bonchev–Trinajstić information content (AvgIpc) is 2.94. The van der Waals surface area contributed by atoms with Gasteiger partial charge in [0.1, 0.15) is 5.75 Å². The molecule has 0 unspecified atom stereocenters. The average molecular weight is 331 g/mol. The van der Waals surface area contributed by atoms with Gasteiger partial charge < -0.3 is 10.4 Å². The van der Waals surface area contributed by atoms with Crippen LogP contribution in [0.1, 0.15) is 10.6 Å². The van der Waals surface area contributed by atoms with Gasteiger partial charge in [-0.05, 0) is 30.3 Å². The smallest absolute Gasteiger partial charge is 0.348 e. The molecular weight excluding hydrogens is 320 g/mol. The third-order valence-corrected chi connectivity index (χ3v) is 3.28. The number of anilines is 1. The van der Waals surface area contributed by atoms with Gasteiger partial charge in [0.2, 0.25) is 5.82 Å². The molecule has 3 aromatic rings. The van der Waals surface area contributed by atoms with Crippen LogP contribution in [0.3, 0.4) is 0 Å². The maximum atomic E-state index is 12.2. The second-order valence-electron chi connectivity index (χ2n) is 4.64. The summed E-state index contributed by atoms with van der Waals surface area (Å²) in [7, 11) is 0. The van der Waals surface area contributed by atoms with E-state index in [4.69, 9.17) is 11.6 Å². The van der Waals surface area contributed by atoms with Crippen molar-refractivity contribution in [3.8, 4) is 11.4 Å². The number of nitrogens with zero attached hydrogens (tertiary/aromatic N) is 2. The Kier molecular flexibility index (Phi) is 3.86. The minimum Gasteiger partial charge on any atom is -0.506 e. The first-order chi connectivity index (χ1) is 11.0. The van der Waals surface area contributed by atoms with Gasteiger partial charge in [-0.2, -0.15) is 4.68 Å². The van der Waals surface area contributed by atoms with E-state index in [-0.39, 0.29) is 17.3 Å². The largest absolute Gasteiger partial charge is 0.506 e. The predicted molar refractivity (Wildman–Crippen MR) is 85.3 cm³/mol. The zero-order valence-corrected chi connectivity index (χ0v) is 12.4. The molecule has 0 atom stereocenters. The molecule has 1 amide bonds. The van der Waals surface area contributed by atoms with Crippen molar-refractivity contribution in [2.45, 2.75) is 0 Å². The van der Waals surface area contributed by atoms with Gasteiger partial charge in [-0.3, -0.25) is 9.78 Å². The molecule has 23 heavy (non-hydrogen) atoms. The van der Waals surface area contributed by atoms with Gasteiger partial charge in [0.15, 0.2) is 0 Å². The highest BCUT2D eigenvalue weighted by atomic mass is 35.5. The minimum absolute atomic E-state index is 0.123. The van der Waals surface area contributed by atoms with Crippen molar-refractivity contribution in [3.05, 3.63) is 69.9 Å². The molecule has 1 aromatic heterocycles. The van der Waals surface area contributed by atoms with Gasteiger partial charge >= 0.3 is 5.69 Å². The molecule has 0 bridgehead atoms. The number of hydrogen-bond acceptors (Lipinski definition) is 4. The fourth-order valence-electron chi connectivity index (χ4n) is 1.96. The van der Waals surface area contributed by atoms with Crippen LogP contribution in [-0.4, -0.2) is 25.8 Å². The monoisotopic (exact) mass is 330 g/mol. The van der Waals surface area contributed by atoms with Gasteiger partial charge in [-0.25, -0.2) is 4.79 Å². The lowest BCUT2D eigenvalue weighted by atomic mass is 10.3. The van der Waals surface area contributed by atoms with Crippen molar-refractivity contribution < 1.29 is 9.90 Å². The van der Waals surface area contributed by atoms with Gasteiger partial charge in [0, 0.05) is 5.02 Å². The third-order valence-electron chi connectivity index (χ3n) is 3.04. The standard InChI is InChI=1S/C15H11ClN4O3/c16-9-6-7-12(21)11(8-9)17-14(22)13-18-15(23)20(19-13)10-4-2-1-3-5-10/h1-8,21H,(H,17,22)(H,18,19,23). The fraction of sp³-hybridized carbons (Fsp3) is 0. The van der Waals surface area contributed by atoms with Crippen molar-refractivity contribution >= 4 is 23.2 Å². The van der Waals surface area contributed by atoms with E-state index in [1.165, 1.54) is 18.2 Å². The maximum absolute atomic E-state index is 12.2. The maximum Gasteiger partial charge on any atom is 0.348 e. The molecule has 8 heteroatoms. The summed E-state index contributed by atoms with van der Waals surface area (Å²) in [5.41, 5.74) is 0.104. The van der Waals surface area contributed by atoms with Gasteiger partial charge in [0.25, 0.3) is 5.91 Å². The van der Waals surface area contributed by atoms with Crippen molar-refractivity contribution in [1.29, 1.82) is 0 Å². The van der Waals surface area contributed by atoms with Gasteiger partial charge in [-0.1, -0.05) is 29.8 Å². The number of carbonyl (C=O) groups is 1. The summed E-state index contributed by atoms with van der Waals surface area (Å²) in [5, 5.41) is 16.4. The van der Waals surface area contributed by atoms with Crippen LogP contribution in [0.25, 0.3) is 5.69 Å². The minimum atomic E-state index is -0.672. The van der Waals surface area contributed by atoms with Crippen LogP contribution in [0.2, 0.25) is 5.02 Å². The Labute approximate surface area is 135 Å². The predicted octanol–water partition coefficient (Wildman–Crippen LogP) is 2.17. The zero-order chi connectivity index (χ0) is 16.4. The summed E-state index contributed by atoms with van der Waals surface area (Å²) in [4.78, 5) is 26.4. The third kappa shape index (κ3) is 3.09. The van der Waals surface area contributed by atoms with Gasteiger partial charge in [-0.15, -0.1) is 5.10 Å². The number of halogens is 1. The Balaban J connectivity index is 1.89. The molecule has 0 saturated carbocycles. The van der Waals surface area contributed by atoms with E-state index in [9.17, 15) is 14.7 Å². The van der Waals surface area contributed by atoms with Crippen LogP contribution in [0.15, 0.2) is 53.3 Å². The van der Waals surface area contributed by atoms with E-state index < -0.39 is 11.6 Å². The Morgan fingerprint density at radius 2 is 1.96 bits per heavy atom. The molecule has 0 saturated heterocycles. The molecule has 0 aliphatic carbocycles. The molecular formula is C15H11ClN4O3. The topological polar surface area (TPSA) is 100 Å². The van der Waals surface area contributed by atoms with Crippen LogP contribution in [0.4, 0.5) is 5.69 Å². The van der Waals surface area contributed by atoms with E-state index >= 15 is 0 Å². The quantitative estimate of drug-likeness (QED) is 0.641. The number of carbonyl (C=O) groups excluding carboxylic acids is 1. The SMILES string of the molecule is O=C(Nc1cc(Cl)ccc1O)c1nn(-c2ccccc2)c(=O)[nH]1. The lowest BCUT2D eigenvalue weighted by Gasteiger charge is -2.05. The summed E-state index contributed by atoms with van der Waals surface area (Å²) in [5.74, 6) is -1.000. The first kappa shape index (κ1) is 14.9. The number of phenolic OH excluding ortho intramolecular Hbond substituents is 1. The number of H-pyrrole nitrogens is 1. The lowest BCUT2D eigenvalue weighted by molar-refractivity contribution is 0.101. The molecule has 116 valence electrons. The first-order valence-corrected chi connectivity index (χ1v) is 6.97. The number of phenols is 1. The summed E-state index contributed by atoms with van der Waals surface area (Å²) >= 11 is 5.82. The molecule has 3 N–H and O–H groups in total. The number of aromatic nitrogens is 3. The normalized spacial score (nSPS) is 10.5. The van der Waals surface area contributed by atoms with E-state index in [0.29, 0.717) is 10.7 Å². The number of rotatable bonds is 3. The highest BCUT2D eigenvalue weighted by molar-refractivity contribution is 6.31. The highest BCUT2D eigenvalue weighted by Crippen LogP contribution is 2.26. The van der Waals surface area contributed by atoms with Crippen molar-refractivity contribution in [3.63, 3.8) is 0 Å². The number of para-hydroxylation sites is 1. The van der Waals surface area contributed by atoms with Crippen LogP contribution < -0.4 is 11.0 Å². The zero-order valence-electron chi connectivity index (χ0n) is 11.7. The molecule has 0 aliphatic rings. The molecule has 2 aromatic carbocycles. The van der Waals surface area contributed by atoms with Gasteiger partial charge in [0.05, 0.1) is 11.4 Å². The van der Waals surface area contributed by atoms with Crippen LogP contribution >= 0.6 is 11.6 Å². The number of benzene rings is 2. The highest BCUT2D eigenvalue weighted by Gasteiger charge is 2.16. The van der Waals surface area contributed by atoms with Crippen molar-refractivity contribution in [2.24, 2.45) is 0 Å². The molecule has 3 rings (SSSR count). The Morgan fingerprint density at radius 1 is 1.22 bits per heavy atom. The Morgan fingerprint density at radius 3 is 2.70 bits per heavy atom. The molecule has 0 fully saturated rings. The number of amides is 1. The van der Waals surface area contributed by atoms with Crippen molar-refractivity contribution in [2.75, 3.05) is 5.32 Å². The number of hydrogen-bond donors (Lipinski definition) is 3. The first-order valence-electron chi connectivity index (χ1n) is 6.59. The lowest BCUT2D eigenvalue weighted by Crippen LogP contribution is -2.15. The summed E-state index contributed by atoms with van der Waals surface area (Å²) in [6.45, 7) is 0. The summed E-state index contributed by atoms with van der Waals surface area (Å²) in [6.07, 6.45) is 0. The molecule has 0 aliphatic heterocycles. The van der Waals surface area contributed by atoms with Crippen LogP contribution in [0.5, 0.6) is 5.75 Å². The fourth-order valence-corrected chi connectivity index (χ4v) is 2.13. The number of nitrogens with one attached hydrogen (secondary N) is 2.